The number of benzene rings is 1. The van der Waals surface area contributed by atoms with Crippen LogP contribution in [0.2, 0.25) is 0 Å². The smallest absolute Gasteiger partial charge is 0.356 e. The monoisotopic (exact) mass is 331 g/mol. The molecule has 2 heterocycles. The van der Waals surface area contributed by atoms with Crippen molar-refractivity contribution < 1.29 is 23.3 Å². The molecule has 1 aromatic carbocycles. The van der Waals surface area contributed by atoms with Crippen LogP contribution in [0.3, 0.4) is 0 Å². The van der Waals surface area contributed by atoms with Gasteiger partial charge in [0.25, 0.3) is 5.69 Å². The van der Waals surface area contributed by atoms with Crippen LogP contribution in [0.15, 0.2) is 34.9 Å². The zero-order chi connectivity index (χ0) is 17.3. The van der Waals surface area contributed by atoms with Crippen LogP contribution in [0.25, 0.3) is 22.6 Å². The molecule has 122 valence electrons. The number of aromatic nitrogens is 2. The van der Waals surface area contributed by atoms with Crippen LogP contribution in [0.5, 0.6) is 0 Å². The first-order valence-electron chi connectivity index (χ1n) is 6.87. The number of ether oxygens (including phenoxy) is 1. The zero-order valence-electron chi connectivity index (χ0n) is 12.4. The first kappa shape index (κ1) is 15.5. The van der Waals surface area contributed by atoms with E-state index in [1.165, 1.54) is 18.3 Å². The maximum atomic E-state index is 13.9. The summed E-state index contributed by atoms with van der Waals surface area (Å²) in [4.78, 5) is 29.7. The van der Waals surface area contributed by atoms with Gasteiger partial charge in [0.15, 0.2) is 11.4 Å². The Hall–Kier alpha value is -3.36. The molecule has 0 radical (unpaired) electrons. The fourth-order valence-corrected chi connectivity index (χ4v) is 2.09. The molecule has 0 fully saturated rings. The molecule has 0 saturated carbocycles. The van der Waals surface area contributed by atoms with E-state index in [1.807, 2.05) is 0 Å². The van der Waals surface area contributed by atoms with Crippen LogP contribution in [0, 0.1) is 15.9 Å². The Kier molecular flexibility index (Phi) is 3.90. The van der Waals surface area contributed by atoms with Crippen LogP contribution in [0.1, 0.15) is 17.4 Å². The van der Waals surface area contributed by atoms with Crippen molar-refractivity contribution in [2.75, 3.05) is 6.61 Å². The van der Waals surface area contributed by atoms with Gasteiger partial charge in [-0.3, -0.25) is 10.1 Å². The van der Waals surface area contributed by atoms with Crippen molar-refractivity contribution in [3.63, 3.8) is 0 Å². The molecule has 0 aliphatic heterocycles. The molecule has 0 bridgehead atoms. The van der Waals surface area contributed by atoms with Gasteiger partial charge in [-0.1, -0.05) is 0 Å². The van der Waals surface area contributed by atoms with E-state index in [0.29, 0.717) is 5.56 Å². The SMILES string of the molecule is CCOC(=O)c1cc(-c2nc3cc([N+](=O)[O-])cc(F)c3o2)ccn1. The first-order chi connectivity index (χ1) is 11.5. The number of fused-ring (bicyclic) bond motifs is 1. The van der Waals surface area contributed by atoms with Gasteiger partial charge in [-0.2, -0.15) is 0 Å². The number of hydrogen-bond donors (Lipinski definition) is 0. The van der Waals surface area contributed by atoms with Gasteiger partial charge in [-0.05, 0) is 19.1 Å². The van der Waals surface area contributed by atoms with Crippen LogP contribution in [-0.2, 0) is 4.74 Å². The minimum atomic E-state index is -0.891. The van der Waals surface area contributed by atoms with E-state index in [9.17, 15) is 19.3 Å². The van der Waals surface area contributed by atoms with E-state index in [-0.39, 0.29) is 29.3 Å². The van der Waals surface area contributed by atoms with Gasteiger partial charge in [0.2, 0.25) is 5.89 Å². The van der Waals surface area contributed by atoms with E-state index in [0.717, 1.165) is 12.1 Å². The summed E-state index contributed by atoms with van der Waals surface area (Å²) >= 11 is 0. The highest BCUT2D eigenvalue weighted by molar-refractivity contribution is 5.88. The number of halogens is 1. The summed E-state index contributed by atoms with van der Waals surface area (Å²) < 4.78 is 24.1. The number of esters is 1. The maximum absolute atomic E-state index is 13.9. The summed E-state index contributed by atoms with van der Waals surface area (Å²) in [5.41, 5.74) is -0.215. The lowest BCUT2D eigenvalue weighted by Crippen LogP contribution is -2.06. The topological polar surface area (TPSA) is 108 Å². The fourth-order valence-electron chi connectivity index (χ4n) is 2.09. The van der Waals surface area contributed by atoms with Gasteiger partial charge in [-0.25, -0.2) is 19.2 Å². The molecular formula is C15H10FN3O5. The second kappa shape index (κ2) is 6.03. The predicted octanol–water partition coefficient (Wildman–Crippen LogP) is 3.11. The van der Waals surface area contributed by atoms with Crippen molar-refractivity contribution in [1.82, 2.24) is 9.97 Å². The molecule has 0 atom stereocenters. The van der Waals surface area contributed by atoms with Gasteiger partial charge in [0.05, 0.1) is 17.6 Å². The molecule has 0 N–H and O–H groups in total. The molecule has 0 amide bonds. The number of nitro benzene ring substituents is 1. The molecular weight excluding hydrogens is 321 g/mol. The zero-order valence-corrected chi connectivity index (χ0v) is 12.4. The van der Waals surface area contributed by atoms with Crippen molar-refractivity contribution in [2.45, 2.75) is 6.92 Å². The van der Waals surface area contributed by atoms with E-state index >= 15 is 0 Å². The third-order valence-electron chi connectivity index (χ3n) is 3.13. The highest BCUT2D eigenvalue weighted by Crippen LogP contribution is 2.29. The van der Waals surface area contributed by atoms with Crippen molar-refractivity contribution in [3.8, 4) is 11.5 Å². The average Bonchev–Trinajstić information content (AvgIpc) is 3.00. The Morgan fingerprint density at radius 3 is 2.92 bits per heavy atom. The van der Waals surface area contributed by atoms with E-state index in [4.69, 9.17) is 9.15 Å². The Bertz CT molecular complexity index is 953. The number of oxazole rings is 1. The number of nitrogens with zero attached hydrogens (tertiary/aromatic N) is 3. The van der Waals surface area contributed by atoms with Crippen LogP contribution in [0.4, 0.5) is 10.1 Å². The summed E-state index contributed by atoms with van der Waals surface area (Å²) in [5, 5.41) is 10.8. The van der Waals surface area contributed by atoms with Crippen molar-refractivity contribution >= 4 is 22.8 Å². The first-order valence-corrected chi connectivity index (χ1v) is 6.87. The molecule has 0 aliphatic rings. The molecule has 0 unspecified atom stereocenters. The normalized spacial score (nSPS) is 10.8. The second-order valence-electron chi connectivity index (χ2n) is 4.70. The van der Waals surface area contributed by atoms with Crippen molar-refractivity contribution in [2.24, 2.45) is 0 Å². The van der Waals surface area contributed by atoms with Gasteiger partial charge in [-0.15, -0.1) is 0 Å². The van der Waals surface area contributed by atoms with Crippen LogP contribution in [-0.4, -0.2) is 27.5 Å². The highest BCUT2D eigenvalue weighted by Gasteiger charge is 2.19. The molecule has 24 heavy (non-hydrogen) atoms. The van der Waals surface area contributed by atoms with Gasteiger partial charge in [0.1, 0.15) is 11.2 Å². The molecule has 0 spiro atoms. The molecule has 0 aliphatic carbocycles. The lowest BCUT2D eigenvalue weighted by Gasteiger charge is -2.01. The minimum absolute atomic E-state index is 0.00574. The highest BCUT2D eigenvalue weighted by atomic mass is 19.1. The number of pyridine rings is 1. The van der Waals surface area contributed by atoms with Crippen molar-refractivity contribution in [3.05, 3.63) is 52.1 Å². The summed E-state index contributed by atoms with van der Waals surface area (Å²) in [6.07, 6.45) is 1.36. The maximum Gasteiger partial charge on any atom is 0.356 e. The summed E-state index contributed by atoms with van der Waals surface area (Å²) in [6, 6.07) is 4.77. The van der Waals surface area contributed by atoms with Crippen molar-refractivity contribution in [1.29, 1.82) is 0 Å². The molecule has 9 heteroatoms. The Morgan fingerprint density at radius 2 is 2.21 bits per heavy atom. The van der Waals surface area contributed by atoms with Gasteiger partial charge in [0, 0.05) is 17.8 Å². The second-order valence-corrected chi connectivity index (χ2v) is 4.70. The third-order valence-corrected chi connectivity index (χ3v) is 3.13. The Balaban J connectivity index is 2.07. The fraction of sp³-hybridized carbons (Fsp3) is 0.133. The molecule has 0 saturated heterocycles. The van der Waals surface area contributed by atoms with Gasteiger partial charge < -0.3 is 9.15 Å². The number of carbonyl (C=O) groups is 1. The number of nitro groups is 1. The Morgan fingerprint density at radius 1 is 1.42 bits per heavy atom. The van der Waals surface area contributed by atoms with Gasteiger partial charge >= 0.3 is 5.97 Å². The number of rotatable bonds is 4. The lowest BCUT2D eigenvalue weighted by molar-refractivity contribution is -0.384. The number of hydrogen-bond acceptors (Lipinski definition) is 7. The van der Waals surface area contributed by atoms with Crippen LogP contribution < -0.4 is 0 Å². The van der Waals surface area contributed by atoms with E-state index in [2.05, 4.69) is 9.97 Å². The average molecular weight is 331 g/mol. The van der Waals surface area contributed by atoms with Crippen LogP contribution >= 0.6 is 0 Å². The predicted molar refractivity (Wildman–Crippen MR) is 79.8 cm³/mol. The van der Waals surface area contributed by atoms with E-state index < -0.39 is 22.4 Å². The molecule has 8 nitrogen and oxygen atoms in total. The number of carbonyl (C=O) groups excluding carboxylic acids is 1. The summed E-state index contributed by atoms with van der Waals surface area (Å²) in [6.45, 7) is 1.86. The standard InChI is InChI=1S/C15H10FN3O5/c1-2-23-15(20)12-5-8(3-4-17-12)14-18-11-7-9(19(21)22)6-10(16)13(11)24-14/h3-7H,2H2,1H3. The third kappa shape index (κ3) is 2.78. The quantitative estimate of drug-likeness (QED) is 0.410. The molecule has 3 rings (SSSR count). The Labute approximate surface area is 134 Å². The minimum Gasteiger partial charge on any atom is -0.461 e. The molecule has 3 aromatic rings. The van der Waals surface area contributed by atoms with E-state index in [1.54, 1.807) is 6.92 Å². The largest absolute Gasteiger partial charge is 0.461 e. The lowest BCUT2D eigenvalue weighted by atomic mass is 10.2. The molecule has 2 aromatic heterocycles. The summed E-state index contributed by atoms with van der Waals surface area (Å²) in [7, 11) is 0. The summed E-state index contributed by atoms with van der Waals surface area (Å²) in [5.74, 6) is -1.49. The number of non-ortho nitro benzene ring substituents is 1.